The van der Waals surface area contributed by atoms with Gasteiger partial charge >= 0.3 is 5.97 Å². The number of nitroso groups, excluding NO2 is 1. The molecule has 0 bridgehead atoms. The lowest BCUT2D eigenvalue weighted by molar-refractivity contribution is 0.0697. The lowest BCUT2D eigenvalue weighted by atomic mass is 10.1. The van der Waals surface area contributed by atoms with E-state index >= 15 is 0 Å². The van der Waals surface area contributed by atoms with E-state index in [1.165, 1.54) is 25.0 Å². The zero-order chi connectivity index (χ0) is 13.7. The number of benzene rings is 1. The number of rotatable bonds is 6. The minimum absolute atomic E-state index is 0.0692. The zero-order valence-corrected chi connectivity index (χ0v) is 10.6. The summed E-state index contributed by atoms with van der Waals surface area (Å²) in [6.07, 6.45) is 2.49. The van der Waals surface area contributed by atoms with E-state index in [9.17, 15) is 9.70 Å². The summed E-state index contributed by atoms with van der Waals surface area (Å²) >= 11 is 0. The van der Waals surface area contributed by atoms with Gasteiger partial charge in [-0.05, 0) is 49.3 Å². The van der Waals surface area contributed by atoms with Gasteiger partial charge in [0, 0.05) is 13.1 Å². The van der Waals surface area contributed by atoms with E-state index in [0.29, 0.717) is 5.69 Å². The molecule has 0 unspecified atom stereocenters. The van der Waals surface area contributed by atoms with Crippen LogP contribution in [0.25, 0.3) is 0 Å². The maximum absolute atomic E-state index is 10.8. The largest absolute Gasteiger partial charge is 0.478 e. The molecule has 1 heterocycles. The average Bonchev–Trinajstić information content (AvgIpc) is 2.92. The third-order valence-corrected chi connectivity index (χ3v) is 3.29. The summed E-state index contributed by atoms with van der Waals surface area (Å²) in [6.45, 7) is 3.88. The van der Waals surface area contributed by atoms with Crippen LogP contribution in [0.2, 0.25) is 0 Å². The van der Waals surface area contributed by atoms with Gasteiger partial charge in [-0.1, -0.05) is 0 Å². The molecule has 0 aromatic heterocycles. The van der Waals surface area contributed by atoms with Crippen molar-refractivity contribution >= 4 is 17.3 Å². The summed E-state index contributed by atoms with van der Waals surface area (Å²) in [5, 5.41) is 14.8. The van der Waals surface area contributed by atoms with Gasteiger partial charge in [0.05, 0.1) is 11.3 Å². The molecule has 1 aromatic carbocycles. The van der Waals surface area contributed by atoms with Crippen LogP contribution in [0.15, 0.2) is 23.4 Å². The minimum atomic E-state index is -1.06. The van der Waals surface area contributed by atoms with Crippen molar-refractivity contribution in [1.82, 2.24) is 4.90 Å². The fourth-order valence-electron chi connectivity index (χ4n) is 2.24. The lowest BCUT2D eigenvalue weighted by Gasteiger charge is -2.15. The molecule has 0 aliphatic carbocycles. The number of carboxylic acid groups (broad SMARTS) is 1. The van der Waals surface area contributed by atoms with Crippen molar-refractivity contribution in [2.75, 3.05) is 31.5 Å². The van der Waals surface area contributed by atoms with Gasteiger partial charge in [0.25, 0.3) is 0 Å². The monoisotopic (exact) mass is 263 g/mol. The van der Waals surface area contributed by atoms with E-state index in [1.807, 2.05) is 0 Å². The smallest absolute Gasteiger partial charge is 0.335 e. The van der Waals surface area contributed by atoms with Gasteiger partial charge in [0.15, 0.2) is 0 Å². The Labute approximate surface area is 111 Å². The van der Waals surface area contributed by atoms with E-state index in [0.717, 1.165) is 26.2 Å². The van der Waals surface area contributed by atoms with Gasteiger partial charge < -0.3 is 15.3 Å². The summed E-state index contributed by atoms with van der Waals surface area (Å²) in [7, 11) is 0. The second-order valence-corrected chi connectivity index (χ2v) is 4.60. The number of hydrogen-bond acceptors (Lipinski definition) is 5. The molecule has 0 atom stereocenters. The van der Waals surface area contributed by atoms with Crippen molar-refractivity contribution < 1.29 is 9.90 Å². The lowest BCUT2D eigenvalue weighted by Crippen LogP contribution is -2.25. The maximum atomic E-state index is 10.8. The highest BCUT2D eigenvalue weighted by Crippen LogP contribution is 2.26. The molecule has 1 aliphatic heterocycles. The fraction of sp³-hybridized carbons (Fsp3) is 0.462. The highest BCUT2D eigenvalue weighted by molar-refractivity contribution is 5.90. The summed E-state index contributed by atoms with van der Waals surface area (Å²) < 4.78 is 0. The van der Waals surface area contributed by atoms with Crippen molar-refractivity contribution in [3.63, 3.8) is 0 Å². The molecule has 1 saturated heterocycles. The van der Waals surface area contributed by atoms with E-state index in [-0.39, 0.29) is 11.3 Å². The van der Waals surface area contributed by atoms with Crippen molar-refractivity contribution in [1.29, 1.82) is 0 Å². The molecule has 1 aromatic rings. The standard InChI is InChI=1S/C13H17N3O3/c17-13(18)10-3-4-11(12(9-10)15-19)14-5-8-16-6-1-2-7-16/h3-4,9,14H,1-2,5-8H2,(H,17,18). The molecule has 6 nitrogen and oxygen atoms in total. The van der Waals surface area contributed by atoms with Gasteiger partial charge in [-0.25, -0.2) is 4.79 Å². The SMILES string of the molecule is O=Nc1cc(C(=O)O)ccc1NCCN1CCCC1. The van der Waals surface area contributed by atoms with Crippen LogP contribution in [-0.4, -0.2) is 42.2 Å². The van der Waals surface area contributed by atoms with Crippen molar-refractivity contribution in [2.45, 2.75) is 12.8 Å². The molecule has 102 valence electrons. The van der Waals surface area contributed by atoms with E-state index in [4.69, 9.17) is 5.11 Å². The molecule has 1 fully saturated rings. The predicted octanol–water partition coefficient (Wildman–Crippen LogP) is 2.29. The molecule has 0 spiro atoms. The molecule has 0 radical (unpaired) electrons. The summed E-state index contributed by atoms with van der Waals surface area (Å²) in [5.74, 6) is -1.06. The van der Waals surface area contributed by atoms with E-state index in [1.54, 1.807) is 6.07 Å². The highest BCUT2D eigenvalue weighted by Gasteiger charge is 2.12. The topological polar surface area (TPSA) is 82.0 Å². The Morgan fingerprint density at radius 3 is 2.74 bits per heavy atom. The molecule has 2 N–H and O–H groups in total. The number of carbonyl (C=O) groups is 1. The Bertz CT molecular complexity index is 470. The highest BCUT2D eigenvalue weighted by atomic mass is 16.4. The van der Waals surface area contributed by atoms with Crippen molar-refractivity contribution in [3.8, 4) is 0 Å². The van der Waals surface area contributed by atoms with Crippen LogP contribution in [0.3, 0.4) is 0 Å². The molecular weight excluding hydrogens is 246 g/mol. The number of hydrogen-bond donors (Lipinski definition) is 2. The first-order valence-corrected chi connectivity index (χ1v) is 6.37. The van der Waals surface area contributed by atoms with E-state index in [2.05, 4.69) is 15.4 Å². The third kappa shape index (κ3) is 3.51. The Hall–Kier alpha value is -1.95. The first-order valence-electron chi connectivity index (χ1n) is 6.37. The van der Waals surface area contributed by atoms with Gasteiger partial charge in [0.1, 0.15) is 5.69 Å². The first-order chi connectivity index (χ1) is 9.20. The zero-order valence-electron chi connectivity index (χ0n) is 10.6. The van der Waals surface area contributed by atoms with Crippen LogP contribution in [0, 0.1) is 4.91 Å². The van der Waals surface area contributed by atoms with Gasteiger partial charge in [-0.2, -0.15) is 0 Å². The number of aromatic carboxylic acids is 1. The summed E-state index contributed by atoms with van der Waals surface area (Å²) in [4.78, 5) is 23.9. The summed E-state index contributed by atoms with van der Waals surface area (Å²) in [6, 6.07) is 4.34. The quantitative estimate of drug-likeness (QED) is 0.769. The maximum Gasteiger partial charge on any atom is 0.335 e. The number of carboxylic acids is 1. The van der Waals surface area contributed by atoms with E-state index < -0.39 is 5.97 Å². The minimum Gasteiger partial charge on any atom is -0.478 e. The second-order valence-electron chi connectivity index (χ2n) is 4.60. The Balaban J connectivity index is 1.95. The normalized spacial score (nSPS) is 15.4. The molecular formula is C13H17N3O3. The van der Waals surface area contributed by atoms with Crippen molar-refractivity contribution in [2.24, 2.45) is 5.18 Å². The molecule has 1 aliphatic rings. The number of nitrogens with zero attached hydrogens (tertiary/aromatic N) is 2. The van der Waals surface area contributed by atoms with Crippen LogP contribution >= 0.6 is 0 Å². The number of nitrogens with one attached hydrogen (secondary N) is 1. The predicted molar refractivity (Wildman–Crippen MR) is 73.0 cm³/mol. The molecule has 2 rings (SSSR count). The Morgan fingerprint density at radius 2 is 2.11 bits per heavy atom. The molecule has 6 heteroatoms. The molecule has 0 amide bonds. The summed E-state index contributed by atoms with van der Waals surface area (Å²) in [5.41, 5.74) is 0.792. The first kappa shape index (κ1) is 13.5. The second kappa shape index (κ2) is 6.29. The van der Waals surface area contributed by atoms with Crippen LogP contribution in [-0.2, 0) is 0 Å². The van der Waals surface area contributed by atoms with Crippen LogP contribution in [0.5, 0.6) is 0 Å². The fourth-order valence-corrected chi connectivity index (χ4v) is 2.24. The molecule has 19 heavy (non-hydrogen) atoms. The molecule has 0 saturated carbocycles. The van der Waals surface area contributed by atoms with Crippen LogP contribution < -0.4 is 5.32 Å². The van der Waals surface area contributed by atoms with Crippen LogP contribution in [0.4, 0.5) is 11.4 Å². The van der Waals surface area contributed by atoms with Gasteiger partial charge in [0.2, 0.25) is 0 Å². The van der Waals surface area contributed by atoms with Crippen molar-refractivity contribution in [3.05, 3.63) is 28.7 Å². The average molecular weight is 263 g/mol. The Morgan fingerprint density at radius 1 is 1.37 bits per heavy atom. The van der Waals surface area contributed by atoms with Crippen LogP contribution in [0.1, 0.15) is 23.2 Å². The van der Waals surface area contributed by atoms with Gasteiger partial charge in [-0.3, -0.25) is 0 Å². The number of likely N-dealkylation sites (tertiary alicyclic amines) is 1. The van der Waals surface area contributed by atoms with Gasteiger partial charge in [-0.15, -0.1) is 4.91 Å². The third-order valence-electron chi connectivity index (χ3n) is 3.29. The number of anilines is 1. The Kier molecular flexibility index (Phi) is 4.46.